The number of anilines is 6. The predicted molar refractivity (Wildman–Crippen MR) is 315 cm³/mol. The summed E-state index contributed by atoms with van der Waals surface area (Å²) < 4.78 is 15.2. The highest BCUT2D eigenvalue weighted by Crippen LogP contribution is 2.48. The first-order chi connectivity index (χ1) is 41.9. The van der Waals surface area contributed by atoms with Gasteiger partial charge in [0.25, 0.3) is 41.4 Å². The van der Waals surface area contributed by atoms with Crippen LogP contribution in [0.5, 0.6) is 0 Å². The van der Waals surface area contributed by atoms with Crippen LogP contribution in [0.2, 0.25) is 0 Å². The van der Waals surface area contributed by atoms with Crippen molar-refractivity contribution < 1.29 is 57.5 Å². The first kappa shape index (κ1) is 62.9. The van der Waals surface area contributed by atoms with E-state index in [1.54, 1.807) is 79.4 Å². The molecule has 1 aliphatic rings. The molecule has 1 saturated carbocycles. The summed E-state index contributed by atoms with van der Waals surface area (Å²) in [7, 11) is 11.2. The molecule has 0 aromatic carbocycles. The Labute approximate surface area is 501 Å². The van der Waals surface area contributed by atoms with Gasteiger partial charge in [0.05, 0.1) is 30.1 Å². The Kier molecular flexibility index (Phi) is 19.5. The standard InChI is InChI=1S/C55H67N21O12/c1-9-88-43(80)12-17-59-52(85)46-68-39(29-75(46)7)69-50(83)36-20-31(24-73(36)5)61-40(77)10-16-58-51(84)45-66-38(28-74(45)6)65-42(79)23-55(13-14-55)30-60-49(82)35-22-33(26-72(35)4)63-54(87)47-67-37(27-76(47)8)64-41(78)11-15-57-48(81)34-21-32(25-71(34)3)62-53(86)44-56-18-19-70(44)2/h18-22,24-29H,9-17,23,30H2,1-8H3,(H,57,81)(H,58,84)(H,59,85)(H,60,82)(H,61,77)(H,62,86)(H,63,87)(H,64,78)(H,65,79)(H,69,83). The van der Waals surface area contributed by atoms with Crippen molar-refractivity contribution in [3.63, 3.8) is 0 Å². The quantitative estimate of drug-likeness (QED) is 0.0323. The average molecular weight is 1210 g/mol. The second-order valence-corrected chi connectivity index (χ2v) is 20.9. The maximum Gasteiger partial charge on any atom is 0.307 e. The molecule has 33 heteroatoms. The third-order valence-electron chi connectivity index (χ3n) is 13.9. The summed E-state index contributed by atoms with van der Waals surface area (Å²) in [6.07, 6.45) is 13.2. The average Bonchev–Trinajstić information content (AvgIpc) is 3.95. The van der Waals surface area contributed by atoms with Crippen molar-refractivity contribution in [2.24, 2.45) is 54.7 Å². The Morgan fingerprint density at radius 1 is 0.443 bits per heavy atom. The summed E-state index contributed by atoms with van der Waals surface area (Å²) in [4.78, 5) is 158. The molecule has 33 nitrogen and oxygen atoms in total. The fraction of sp³-hybridized carbons (Fsp3) is 0.364. The number of ether oxygens (including phenoxy) is 1. The van der Waals surface area contributed by atoms with E-state index in [4.69, 9.17) is 4.74 Å². The topological polar surface area (TPSA) is 403 Å². The summed E-state index contributed by atoms with van der Waals surface area (Å²) in [5, 5.41) is 26.9. The molecule has 7 heterocycles. The maximum atomic E-state index is 13.4. The number of carbonyl (C=O) groups is 11. The van der Waals surface area contributed by atoms with E-state index < -0.39 is 64.5 Å². The molecule has 7 aromatic heterocycles. The molecule has 0 radical (unpaired) electrons. The highest BCUT2D eigenvalue weighted by Gasteiger charge is 2.44. The number of aromatic nitrogens is 11. The Morgan fingerprint density at radius 2 is 0.864 bits per heavy atom. The SMILES string of the molecule is CCOC(=O)CCNC(=O)c1nc(NC(=O)c2cc(NC(=O)CCNC(=O)c3nc(NC(=O)CC4(CNC(=O)c5cc(NC(=O)c6nc(NC(=O)CCNC(=O)c7cc(NC(=O)c8nccn8C)cn7C)cn6C)cn5C)CC4)cn3C)cn2C)cn1C. The molecule has 10 N–H and O–H groups in total. The van der Waals surface area contributed by atoms with Crippen LogP contribution < -0.4 is 53.2 Å². The third kappa shape index (κ3) is 16.0. The summed E-state index contributed by atoms with van der Waals surface area (Å²) >= 11 is 0. The number of esters is 1. The van der Waals surface area contributed by atoms with Crippen LogP contribution in [0.4, 0.5) is 34.5 Å². The lowest BCUT2D eigenvalue weighted by Gasteiger charge is -2.15. The lowest BCUT2D eigenvalue weighted by atomic mass is 10.0. The summed E-state index contributed by atoms with van der Waals surface area (Å²) in [6, 6.07) is 4.42. The Bertz CT molecular complexity index is 3860. The van der Waals surface area contributed by atoms with E-state index in [2.05, 4.69) is 73.1 Å². The molecule has 0 spiro atoms. The molecule has 7 aromatic rings. The van der Waals surface area contributed by atoms with Crippen LogP contribution >= 0.6 is 0 Å². The number of aryl methyl sites for hydroxylation is 7. The fourth-order valence-corrected chi connectivity index (χ4v) is 9.17. The zero-order valence-electron chi connectivity index (χ0n) is 49.4. The molecule has 8 rings (SSSR count). The van der Waals surface area contributed by atoms with Gasteiger partial charge >= 0.3 is 5.97 Å². The minimum Gasteiger partial charge on any atom is -0.466 e. The highest BCUT2D eigenvalue weighted by atomic mass is 16.5. The Hall–Kier alpha value is -11.2. The van der Waals surface area contributed by atoms with E-state index >= 15 is 0 Å². The van der Waals surface area contributed by atoms with Crippen molar-refractivity contribution in [1.29, 1.82) is 0 Å². The van der Waals surface area contributed by atoms with Crippen LogP contribution in [0, 0.1) is 5.41 Å². The van der Waals surface area contributed by atoms with Crippen LogP contribution in [0.15, 0.2) is 67.8 Å². The van der Waals surface area contributed by atoms with Crippen molar-refractivity contribution in [2.45, 2.75) is 45.4 Å². The summed E-state index contributed by atoms with van der Waals surface area (Å²) in [6.45, 7) is 2.01. The van der Waals surface area contributed by atoms with Crippen molar-refractivity contribution in [1.82, 2.24) is 73.2 Å². The second-order valence-electron chi connectivity index (χ2n) is 20.9. The lowest BCUT2D eigenvalue weighted by molar-refractivity contribution is -0.143. The molecule has 0 aliphatic heterocycles. The van der Waals surface area contributed by atoms with Crippen molar-refractivity contribution in [2.75, 3.05) is 64.7 Å². The monoisotopic (exact) mass is 1210 g/mol. The van der Waals surface area contributed by atoms with Gasteiger partial charge in [0, 0.05) is 144 Å². The molecule has 0 saturated heterocycles. The number of hydrogen-bond acceptors (Lipinski definition) is 16. The lowest BCUT2D eigenvalue weighted by Crippen LogP contribution is -2.33. The number of amides is 10. The minimum atomic E-state index is -0.627. The molecule has 0 atom stereocenters. The molecular formula is C55H67N21O12. The Balaban J connectivity index is 0.724. The van der Waals surface area contributed by atoms with Gasteiger partial charge in [-0.15, -0.1) is 0 Å². The minimum absolute atomic E-state index is 0.00268. The number of hydrogen-bond donors (Lipinski definition) is 10. The van der Waals surface area contributed by atoms with Crippen LogP contribution in [-0.2, 0) is 73.2 Å². The van der Waals surface area contributed by atoms with Gasteiger partial charge in [-0.25, -0.2) is 19.9 Å². The van der Waals surface area contributed by atoms with E-state index in [0.717, 1.165) is 0 Å². The first-order valence-electron chi connectivity index (χ1n) is 27.6. The van der Waals surface area contributed by atoms with Crippen molar-refractivity contribution in [3.05, 3.63) is 108 Å². The largest absolute Gasteiger partial charge is 0.466 e. The maximum absolute atomic E-state index is 13.4. The molecule has 0 bridgehead atoms. The van der Waals surface area contributed by atoms with Crippen LogP contribution in [0.25, 0.3) is 0 Å². The molecular weight excluding hydrogens is 1150 g/mol. The predicted octanol–water partition coefficient (Wildman–Crippen LogP) is 1.13. The van der Waals surface area contributed by atoms with Gasteiger partial charge in [-0.1, -0.05) is 0 Å². The first-order valence-corrected chi connectivity index (χ1v) is 27.6. The van der Waals surface area contributed by atoms with Gasteiger partial charge < -0.3 is 89.9 Å². The van der Waals surface area contributed by atoms with Crippen molar-refractivity contribution >= 4 is 99.6 Å². The van der Waals surface area contributed by atoms with E-state index in [9.17, 15) is 52.7 Å². The summed E-state index contributed by atoms with van der Waals surface area (Å²) in [5.74, 6) is -5.12. The number of rotatable bonds is 27. The fourth-order valence-electron chi connectivity index (χ4n) is 9.17. The van der Waals surface area contributed by atoms with E-state index in [1.807, 2.05) is 0 Å². The highest BCUT2D eigenvalue weighted by molar-refractivity contribution is 6.06. The van der Waals surface area contributed by atoms with Gasteiger partial charge in [0.2, 0.25) is 35.2 Å². The molecule has 0 unspecified atom stereocenters. The van der Waals surface area contributed by atoms with Crippen LogP contribution in [0.1, 0.15) is 119 Å². The Morgan fingerprint density at radius 3 is 1.35 bits per heavy atom. The zero-order chi connectivity index (χ0) is 63.6. The third-order valence-corrected chi connectivity index (χ3v) is 13.9. The van der Waals surface area contributed by atoms with E-state index in [-0.39, 0.29) is 128 Å². The molecule has 1 fully saturated rings. The van der Waals surface area contributed by atoms with Crippen molar-refractivity contribution in [3.8, 4) is 0 Å². The smallest absolute Gasteiger partial charge is 0.307 e. The number of carbonyl (C=O) groups excluding carboxylic acids is 11. The summed E-state index contributed by atoms with van der Waals surface area (Å²) in [5.41, 5.74) is 1.07. The second kappa shape index (κ2) is 27.3. The number of nitrogens with zero attached hydrogens (tertiary/aromatic N) is 11. The zero-order valence-corrected chi connectivity index (χ0v) is 49.4. The molecule has 464 valence electrons. The van der Waals surface area contributed by atoms with Crippen LogP contribution in [0.3, 0.4) is 0 Å². The van der Waals surface area contributed by atoms with Gasteiger partial charge in [-0.3, -0.25) is 52.7 Å². The number of imidazole rings is 4. The van der Waals surface area contributed by atoms with Gasteiger partial charge in [0.15, 0.2) is 23.3 Å². The molecule has 1 aliphatic carbocycles. The molecule has 88 heavy (non-hydrogen) atoms. The van der Waals surface area contributed by atoms with Gasteiger partial charge in [-0.05, 0) is 43.4 Å². The normalized spacial score (nSPS) is 12.1. The van der Waals surface area contributed by atoms with Crippen LogP contribution in [-0.4, -0.2) is 150 Å². The molecule has 10 amide bonds. The van der Waals surface area contributed by atoms with E-state index in [0.29, 0.717) is 24.2 Å². The van der Waals surface area contributed by atoms with Gasteiger partial charge in [-0.2, -0.15) is 0 Å². The number of nitrogens with one attached hydrogen (secondary N) is 10. The van der Waals surface area contributed by atoms with E-state index in [1.165, 1.54) is 76.6 Å². The van der Waals surface area contributed by atoms with Gasteiger partial charge in [0.1, 0.15) is 17.1 Å².